The van der Waals surface area contributed by atoms with Crippen LogP contribution < -0.4 is 4.74 Å². The van der Waals surface area contributed by atoms with Gasteiger partial charge in [-0.2, -0.15) is 17.6 Å². The van der Waals surface area contributed by atoms with Crippen molar-refractivity contribution in [1.82, 2.24) is 14.8 Å². The van der Waals surface area contributed by atoms with Gasteiger partial charge in [0.1, 0.15) is 6.33 Å². The summed E-state index contributed by atoms with van der Waals surface area (Å²) in [4.78, 5) is 4.07. The molecule has 0 amide bonds. The second-order valence-electron chi connectivity index (χ2n) is 3.23. The van der Waals surface area contributed by atoms with E-state index in [4.69, 9.17) is 4.74 Å². The summed E-state index contributed by atoms with van der Waals surface area (Å²) in [7, 11) is 0. The summed E-state index contributed by atoms with van der Waals surface area (Å²) in [6, 6.07) is 10.2. The summed E-state index contributed by atoms with van der Waals surface area (Å²) < 4.78 is 7.05. The van der Waals surface area contributed by atoms with Crippen molar-refractivity contribution in [1.29, 1.82) is 0 Å². The number of nitrogens with zero attached hydrogens (tertiary/aromatic N) is 3. The first-order chi connectivity index (χ1) is 7.90. The third kappa shape index (κ3) is 2.76. The summed E-state index contributed by atoms with van der Waals surface area (Å²) in [5, 5.41) is 4.21. The van der Waals surface area contributed by atoms with Gasteiger partial charge in [-0.1, -0.05) is 18.2 Å². The second-order valence-corrected chi connectivity index (χ2v) is 3.68. The van der Waals surface area contributed by atoms with Crippen LogP contribution in [-0.4, -0.2) is 27.1 Å². The molecule has 2 rings (SSSR count). The third-order valence-electron chi connectivity index (χ3n) is 2.03. The lowest BCUT2D eigenvalue weighted by molar-refractivity contribution is 0.293. The number of aromatic nitrogens is 3. The van der Waals surface area contributed by atoms with Crippen LogP contribution in [0.1, 0.15) is 6.42 Å². The van der Waals surface area contributed by atoms with Gasteiger partial charge in [0.2, 0.25) is 0 Å². The molecule has 16 heavy (non-hydrogen) atoms. The lowest BCUT2D eigenvalue weighted by Gasteiger charge is -1.99. The van der Waals surface area contributed by atoms with E-state index in [0.29, 0.717) is 12.6 Å². The van der Waals surface area contributed by atoms with Crippen molar-refractivity contribution in [2.24, 2.45) is 0 Å². The number of hydrogen-bond donors (Lipinski definition) is 1. The zero-order valence-electron chi connectivity index (χ0n) is 8.78. The van der Waals surface area contributed by atoms with E-state index in [0.717, 1.165) is 17.9 Å². The number of thiol groups is 1. The maximum Gasteiger partial charge on any atom is 0.335 e. The molecule has 4 nitrogen and oxygen atoms in total. The molecule has 1 aromatic heterocycles. The van der Waals surface area contributed by atoms with Gasteiger partial charge in [-0.05, 0) is 24.3 Å². The average Bonchev–Trinajstić information content (AvgIpc) is 2.79. The molecule has 1 aromatic carbocycles. The van der Waals surface area contributed by atoms with Gasteiger partial charge in [0, 0.05) is 0 Å². The Morgan fingerprint density at radius 1 is 1.25 bits per heavy atom. The first-order valence-corrected chi connectivity index (χ1v) is 5.74. The van der Waals surface area contributed by atoms with Gasteiger partial charge in [0.15, 0.2) is 0 Å². The van der Waals surface area contributed by atoms with Crippen LogP contribution in [0.5, 0.6) is 6.01 Å². The maximum atomic E-state index is 5.36. The fourth-order valence-corrected chi connectivity index (χ4v) is 1.38. The van der Waals surface area contributed by atoms with E-state index < -0.39 is 0 Å². The van der Waals surface area contributed by atoms with E-state index in [9.17, 15) is 0 Å². The highest BCUT2D eigenvalue weighted by atomic mass is 32.1. The molecule has 0 aliphatic rings. The quantitative estimate of drug-likeness (QED) is 0.636. The topological polar surface area (TPSA) is 39.9 Å². The lowest BCUT2D eigenvalue weighted by Crippen LogP contribution is -2.00. The Kier molecular flexibility index (Phi) is 3.82. The van der Waals surface area contributed by atoms with Crippen molar-refractivity contribution < 1.29 is 4.74 Å². The van der Waals surface area contributed by atoms with Crippen LogP contribution >= 0.6 is 12.6 Å². The molecule has 0 fully saturated rings. The molecule has 0 radical (unpaired) electrons. The van der Waals surface area contributed by atoms with Crippen LogP contribution in [0.25, 0.3) is 5.69 Å². The van der Waals surface area contributed by atoms with E-state index >= 15 is 0 Å². The first kappa shape index (κ1) is 11.0. The largest absolute Gasteiger partial charge is 0.462 e. The molecule has 0 bridgehead atoms. The Hall–Kier alpha value is -1.49. The molecular weight excluding hydrogens is 222 g/mol. The fourth-order valence-electron chi connectivity index (χ4n) is 1.25. The van der Waals surface area contributed by atoms with Crippen LogP contribution in [0, 0.1) is 0 Å². The first-order valence-electron chi connectivity index (χ1n) is 5.11. The van der Waals surface area contributed by atoms with Crippen molar-refractivity contribution in [3.8, 4) is 11.7 Å². The normalized spacial score (nSPS) is 10.3. The summed E-state index contributed by atoms with van der Waals surface area (Å²) in [5.74, 6) is 0.805. The molecule has 0 N–H and O–H groups in total. The molecule has 5 heteroatoms. The summed E-state index contributed by atoms with van der Waals surface area (Å²) in [6.45, 7) is 0.600. The summed E-state index contributed by atoms with van der Waals surface area (Å²) in [6.07, 6.45) is 2.54. The second kappa shape index (κ2) is 5.55. The van der Waals surface area contributed by atoms with Crippen molar-refractivity contribution >= 4 is 12.6 Å². The molecule has 0 unspecified atom stereocenters. The minimum absolute atomic E-state index is 0.408. The zero-order chi connectivity index (χ0) is 11.2. The van der Waals surface area contributed by atoms with Crippen LogP contribution in [0.4, 0.5) is 0 Å². The molecule has 0 aliphatic carbocycles. The van der Waals surface area contributed by atoms with Crippen LogP contribution in [0.2, 0.25) is 0 Å². The van der Waals surface area contributed by atoms with Gasteiger partial charge in [-0.3, -0.25) is 0 Å². The predicted molar refractivity (Wildman–Crippen MR) is 65.3 cm³/mol. The van der Waals surface area contributed by atoms with Gasteiger partial charge < -0.3 is 4.74 Å². The van der Waals surface area contributed by atoms with Gasteiger partial charge in [-0.15, -0.1) is 5.10 Å². The van der Waals surface area contributed by atoms with Crippen molar-refractivity contribution in [2.45, 2.75) is 6.42 Å². The van der Waals surface area contributed by atoms with E-state index in [1.807, 2.05) is 30.3 Å². The Morgan fingerprint density at radius 2 is 2.06 bits per heavy atom. The van der Waals surface area contributed by atoms with Crippen LogP contribution in [-0.2, 0) is 0 Å². The molecule has 0 saturated heterocycles. The van der Waals surface area contributed by atoms with Gasteiger partial charge in [0.05, 0.1) is 12.3 Å². The molecule has 0 spiro atoms. The molecule has 0 aliphatic heterocycles. The van der Waals surface area contributed by atoms with Gasteiger partial charge in [-0.25, -0.2) is 4.68 Å². The van der Waals surface area contributed by atoms with Crippen molar-refractivity contribution in [2.75, 3.05) is 12.4 Å². The smallest absolute Gasteiger partial charge is 0.335 e. The lowest BCUT2D eigenvalue weighted by atomic mass is 10.3. The Bertz CT molecular complexity index is 430. The van der Waals surface area contributed by atoms with Crippen LogP contribution in [0.15, 0.2) is 36.7 Å². The van der Waals surface area contributed by atoms with Crippen molar-refractivity contribution in [3.63, 3.8) is 0 Å². The number of rotatable bonds is 5. The minimum atomic E-state index is 0.408. The number of ether oxygens (including phenoxy) is 1. The molecule has 2 aromatic rings. The van der Waals surface area contributed by atoms with Gasteiger partial charge >= 0.3 is 6.01 Å². The highest BCUT2D eigenvalue weighted by Gasteiger charge is 2.02. The Morgan fingerprint density at radius 3 is 2.81 bits per heavy atom. The molecular formula is C11H13N3OS. The summed E-state index contributed by atoms with van der Waals surface area (Å²) in [5.41, 5.74) is 0.971. The average molecular weight is 235 g/mol. The van der Waals surface area contributed by atoms with E-state index in [1.54, 1.807) is 11.0 Å². The molecule has 84 valence electrons. The maximum absolute atomic E-state index is 5.36. The number of para-hydroxylation sites is 1. The Balaban J connectivity index is 2.02. The molecule has 0 atom stereocenters. The third-order valence-corrected chi connectivity index (χ3v) is 2.34. The highest BCUT2D eigenvalue weighted by Crippen LogP contribution is 2.08. The summed E-state index contributed by atoms with van der Waals surface area (Å²) >= 11 is 4.10. The zero-order valence-corrected chi connectivity index (χ0v) is 9.68. The van der Waals surface area contributed by atoms with Crippen molar-refractivity contribution in [3.05, 3.63) is 36.7 Å². The Labute approximate surface area is 99.7 Å². The number of hydrogen-bond acceptors (Lipinski definition) is 4. The fraction of sp³-hybridized carbons (Fsp3) is 0.273. The monoisotopic (exact) mass is 235 g/mol. The van der Waals surface area contributed by atoms with E-state index in [2.05, 4.69) is 22.7 Å². The molecule has 1 heterocycles. The van der Waals surface area contributed by atoms with Crippen LogP contribution in [0.3, 0.4) is 0 Å². The van der Waals surface area contributed by atoms with E-state index in [-0.39, 0.29) is 0 Å². The van der Waals surface area contributed by atoms with E-state index in [1.165, 1.54) is 0 Å². The number of benzene rings is 1. The minimum Gasteiger partial charge on any atom is -0.462 e. The van der Waals surface area contributed by atoms with Gasteiger partial charge in [0.25, 0.3) is 0 Å². The standard InChI is InChI=1S/C11H13N3OS/c16-8-4-7-15-11-12-9-14(13-11)10-5-2-1-3-6-10/h1-3,5-6,9,16H,4,7-8H2. The SMILES string of the molecule is SCCCOc1ncn(-c2ccccc2)n1. The highest BCUT2D eigenvalue weighted by molar-refractivity contribution is 7.80. The molecule has 0 saturated carbocycles. The predicted octanol–water partition coefficient (Wildman–Crippen LogP) is 1.97.